The molecule has 1 amide bonds. The second kappa shape index (κ2) is 9.15. The Morgan fingerprint density at radius 1 is 1.00 bits per heavy atom. The Morgan fingerprint density at radius 2 is 1.81 bits per heavy atom. The molecule has 0 unspecified atom stereocenters. The van der Waals surface area contributed by atoms with E-state index in [0.717, 1.165) is 10.8 Å². The standard InChI is InChI=1S/C23H15ClN4O3/c24-19-8-4-3-7-17(19)23(30)31-21-10-9-15-5-1-2-6-16(15)18(21)13-27-28-22(29)20-14-25-11-12-26-20/h1-14H,(H,28,29)/b27-13+. The number of fused-ring (bicyclic) bond motifs is 1. The van der Waals surface area contributed by atoms with Crippen molar-refractivity contribution in [2.24, 2.45) is 5.10 Å². The Bertz CT molecular complexity index is 1290. The maximum Gasteiger partial charge on any atom is 0.345 e. The number of hydrazone groups is 1. The van der Waals surface area contributed by atoms with Crippen LogP contribution in [0, 0.1) is 0 Å². The third-order valence-corrected chi connectivity index (χ3v) is 4.71. The lowest BCUT2D eigenvalue weighted by atomic mass is 10.0. The molecule has 1 aromatic heterocycles. The van der Waals surface area contributed by atoms with E-state index < -0.39 is 11.9 Å². The molecule has 0 fully saturated rings. The Labute approximate surface area is 182 Å². The van der Waals surface area contributed by atoms with Gasteiger partial charge >= 0.3 is 5.97 Å². The summed E-state index contributed by atoms with van der Waals surface area (Å²) >= 11 is 6.11. The van der Waals surface area contributed by atoms with Crippen LogP contribution in [0.4, 0.5) is 0 Å². The summed E-state index contributed by atoms with van der Waals surface area (Å²) in [6, 6.07) is 17.7. The maximum atomic E-state index is 12.7. The normalized spacial score (nSPS) is 10.9. The number of esters is 1. The highest BCUT2D eigenvalue weighted by atomic mass is 35.5. The number of carbonyl (C=O) groups is 2. The van der Waals surface area contributed by atoms with Crippen LogP contribution in [-0.4, -0.2) is 28.1 Å². The smallest absolute Gasteiger partial charge is 0.345 e. The summed E-state index contributed by atoms with van der Waals surface area (Å²) < 4.78 is 5.61. The van der Waals surface area contributed by atoms with Gasteiger partial charge in [-0.05, 0) is 29.0 Å². The fraction of sp³-hybridized carbons (Fsp3) is 0. The minimum absolute atomic E-state index is 0.128. The molecule has 3 aromatic carbocycles. The maximum absolute atomic E-state index is 12.7. The molecule has 0 aliphatic heterocycles. The number of rotatable bonds is 5. The van der Waals surface area contributed by atoms with Gasteiger partial charge in [-0.15, -0.1) is 0 Å². The first-order valence-electron chi connectivity index (χ1n) is 9.21. The van der Waals surface area contributed by atoms with E-state index in [1.54, 1.807) is 30.3 Å². The molecule has 152 valence electrons. The number of hydrogen-bond donors (Lipinski definition) is 1. The highest BCUT2D eigenvalue weighted by Gasteiger charge is 2.16. The van der Waals surface area contributed by atoms with Crippen LogP contribution < -0.4 is 10.2 Å². The summed E-state index contributed by atoms with van der Waals surface area (Å²) in [6.07, 6.45) is 5.64. The number of ether oxygens (including phenoxy) is 1. The van der Waals surface area contributed by atoms with Gasteiger partial charge < -0.3 is 4.74 Å². The van der Waals surface area contributed by atoms with Crippen molar-refractivity contribution >= 4 is 40.5 Å². The van der Waals surface area contributed by atoms with Gasteiger partial charge in [-0.1, -0.05) is 54.1 Å². The van der Waals surface area contributed by atoms with Crippen molar-refractivity contribution in [2.45, 2.75) is 0 Å². The summed E-state index contributed by atoms with van der Waals surface area (Å²) in [6.45, 7) is 0. The van der Waals surface area contributed by atoms with E-state index in [1.165, 1.54) is 24.8 Å². The molecule has 1 N–H and O–H groups in total. The molecule has 1 heterocycles. The van der Waals surface area contributed by atoms with E-state index in [0.29, 0.717) is 10.6 Å². The second-order valence-corrected chi connectivity index (χ2v) is 6.76. The van der Waals surface area contributed by atoms with E-state index in [-0.39, 0.29) is 17.0 Å². The van der Waals surface area contributed by atoms with E-state index in [2.05, 4.69) is 20.5 Å². The van der Waals surface area contributed by atoms with Crippen LogP contribution in [0.5, 0.6) is 5.75 Å². The van der Waals surface area contributed by atoms with Crippen molar-refractivity contribution < 1.29 is 14.3 Å². The molecule has 0 spiro atoms. The summed E-state index contributed by atoms with van der Waals surface area (Å²) in [7, 11) is 0. The van der Waals surface area contributed by atoms with Gasteiger partial charge in [0.05, 0.1) is 23.0 Å². The van der Waals surface area contributed by atoms with Crippen molar-refractivity contribution in [2.75, 3.05) is 0 Å². The fourth-order valence-electron chi connectivity index (χ4n) is 2.91. The SMILES string of the molecule is O=C(N/N=C/c1c(OC(=O)c2ccccc2Cl)ccc2ccccc12)c1cnccn1. The Kier molecular flexibility index (Phi) is 5.96. The molecule has 0 radical (unpaired) electrons. The number of halogens is 1. The van der Waals surface area contributed by atoms with E-state index >= 15 is 0 Å². The topological polar surface area (TPSA) is 93.5 Å². The largest absolute Gasteiger partial charge is 0.422 e. The van der Waals surface area contributed by atoms with Crippen LogP contribution >= 0.6 is 11.6 Å². The first-order chi connectivity index (χ1) is 15.1. The Morgan fingerprint density at radius 3 is 2.61 bits per heavy atom. The van der Waals surface area contributed by atoms with Gasteiger partial charge in [0.25, 0.3) is 5.91 Å². The van der Waals surface area contributed by atoms with Crippen molar-refractivity contribution in [3.05, 3.63) is 101 Å². The minimum atomic E-state index is -0.598. The lowest BCUT2D eigenvalue weighted by molar-refractivity contribution is 0.0734. The Balaban J connectivity index is 1.65. The third-order valence-electron chi connectivity index (χ3n) is 4.38. The molecule has 0 bridgehead atoms. The van der Waals surface area contributed by atoms with Gasteiger partial charge in [0.1, 0.15) is 11.4 Å². The van der Waals surface area contributed by atoms with Gasteiger partial charge in [-0.25, -0.2) is 15.2 Å². The summed E-state index contributed by atoms with van der Waals surface area (Å²) in [5.74, 6) is -0.834. The highest BCUT2D eigenvalue weighted by molar-refractivity contribution is 6.33. The molecule has 4 aromatic rings. The molecule has 0 aliphatic rings. The quantitative estimate of drug-likeness (QED) is 0.221. The number of benzene rings is 3. The van der Waals surface area contributed by atoms with Crippen LogP contribution in [-0.2, 0) is 0 Å². The first-order valence-corrected chi connectivity index (χ1v) is 9.59. The fourth-order valence-corrected chi connectivity index (χ4v) is 3.12. The number of nitrogens with one attached hydrogen (secondary N) is 1. The van der Waals surface area contributed by atoms with Crippen LogP contribution in [0.3, 0.4) is 0 Å². The number of carbonyl (C=O) groups excluding carboxylic acids is 2. The van der Waals surface area contributed by atoms with E-state index in [1.807, 2.05) is 30.3 Å². The first kappa shape index (κ1) is 20.2. The molecule has 8 heteroatoms. The van der Waals surface area contributed by atoms with Crippen LogP contribution in [0.1, 0.15) is 26.4 Å². The van der Waals surface area contributed by atoms with Gasteiger partial charge in [-0.2, -0.15) is 5.10 Å². The molecule has 0 aliphatic carbocycles. The molecule has 0 saturated carbocycles. The number of aromatic nitrogens is 2. The zero-order valence-corrected chi connectivity index (χ0v) is 16.8. The molecule has 0 saturated heterocycles. The number of hydrogen-bond acceptors (Lipinski definition) is 6. The van der Waals surface area contributed by atoms with E-state index in [4.69, 9.17) is 16.3 Å². The van der Waals surface area contributed by atoms with Gasteiger partial charge in [0.15, 0.2) is 0 Å². The zero-order chi connectivity index (χ0) is 21.6. The third kappa shape index (κ3) is 4.57. The summed E-state index contributed by atoms with van der Waals surface area (Å²) in [5, 5.41) is 6.02. The predicted octanol–water partition coefficient (Wildman–Crippen LogP) is 4.27. The summed E-state index contributed by atoms with van der Waals surface area (Å²) in [4.78, 5) is 32.6. The van der Waals surface area contributed by atoms with Crippen molar-refractivity contribution in [3.63, 3.8) is 0 Å². The van der Waals surface area contributed by atoms with Crippen molar-refractivity contribution in [1.82, 2.24) is 15.4 Å². The second-order valence-electron chi connectivity index (χ2n) is 6.36. The number of nitrogens with zero attached hydrogens (tertiary/aromatic N) is 3. The monoisotopic (exact) mass is 430 g/mol. The van der Waals surface area contributed by atoms with Crippen LogP contribution in [0.2, 0.25) is 5.02 Å². The average molecular weight is 431 g/mol. The van der Waals surface area contributed by atoms with E-state index in [9.17, 15) is 9.59 Å². The molecular formula is C23H15ClN4O3. The highest BCUT2D eigenvalue weighted by Crippen LogP contribution is 2.28. The lowest BCUT2D eigenvalue weighted by Crippen LogP contribution is -2.19. The van der Waals surface area contributed by atoms with Gasteiger partial charge in [0, 0.05) is 18.0 Å². The van der Waals surface area contributed by atoms with Crippen molar-refractivity contribution in [1.29, 1.82) is 0 Å². The molecule has 0 atom stereocenters. The van der Waals surface area contributed by atoms with Gasteiger partial charge in [-0.3, -0.25) is 9.78 Å². The van der Waals surface area contributed by atoms with Crippen LogP contribution in [0.25, 0.3) is 10.8 Å². The molecule has 31 heavy (non-hydrogen) atoms. The lowest BCUT2D eigenvalue weighted by Gasteiger charge is -2.11. The van der Waals surface area contributed by atoms with Gasteiger partial charge in [0.2, 0.25) is 0 Å². The average Bonchev–Trinajstić information content (AvgIpc) is 2.81. The minimum Gasteiger partial charge on any atom is -0.422 e. The molecule has 7 nitrogen and oxygen atoms in total. The number of amides is 1. The predicted molar refractivity (Wildman–Crippen MR) is 117 cm³/mol. The van der Waals surface area contributed by atoms with Crippen molar-refractivity contribution in [3.8, 4) is 5.75 Å². The zero-order valence-electron chi connectivity index (χ0n) is 16.0. The summed E-state index contributed by atoms with van der Waals surface area (Å²) in [5.41, 5.74) is 3.30. The van der Waals surface area contributed by atoms with Crippen LogP contribution in [0.15, 0.2) is 84.4 Å². The molecular weight excluding hydrogens is 416 g/mol. The Hall–Kier alpha value is -4.10. The molecule has 4 rings (SSSR count).